The fourth-order valence-electron chi connectivity index (χ4n) is 1.08. The van der Waals surface area contributed by atoms with Crippen LogP contribution in [0.15, 0.2) is 0 Å². The molecule has 0 aliphatic carbocycles. The van der Waals surface area contributed by atoms with E-state index in [0.29, 0.717) is 0 Å². The molecule has 17 heavy (non-hydrogen) atoms. The molecule has 0 aliphatic rings. The lowest BCUT2D eigenvalue weighted by molar-refractivity contribution is -0.119. The summed E-state index contributed by atoms with van der Waals surface area (Å²) in [5, 5.41) is 2.76. The average molecular weight is 265 g/mol. The van der Waals surface area contributed by atoms with Crippen LogP contribution in [0, 0.1) is 0 Å². The molecule has 0 aromatic rings. The second-order valence-electron chi connectivity index (χ2n) is 4.51. The van der Waals surface area contributed by atoms with E-state index in [1.807, 2.05) is 5.32 Å². The predicted molar refractivity (Wildman–Crippen MR) is 64.1 cm³/mol. The number of imide groups is 1. The highest BCUT2D eigenvalue weighted by molar-refractivity contribution is 7.92. The summed E-state index contributed by atoms with van der Waals surface area (Å²) >= 11 is 0. The van der Waals surface area contributed by atoms with E-state index in [1.54, 1.807) is 13.8 Å². The van der Waals surface area contributed by atoms with Crippen LogP contribution >= 0.6 is 0 Å². The number of hydrogen-bond acceptors (Lipinski definition) is 5. The molecule has 8 heteroatoms. The van der Waals surface area contributed by atoms with Crippen molar-refractivity contribution < 1.29 is 18.0 Å². The van der Waals surface area contributed by atoms with Crippen molar-refractivity contribution in [2.45, 2.75) is 31.6 Å². The van der Waals surface area contributed by atoms with E-state index < -0.39 is 32.6 Å². The van der Waals surface area contributed by atoms with E-state index in [4.69, 9.17) is 5.73 Å². The van der Waals surface area contributed by atoms with Crippen molar-refractivity contribution in [1.29, 1.82) is 0 Å². The summed E-state index contributed by atoms with van der Waals surface area (Å²) in [6.45, 7) is 4.32. The summed E-state index contributed by atoms with van der Waals surface area (Å²) in [7, 11) is -2.36. The first-order chi connectivity index (χ1) is 7.49. The Bertz CT molecular complexity index is 397. The van der Waals surface area contributed by atoms with Crippen LogP contribution in [0.25, 0.3) is 0 Å². The van der Waals surface area contributed by atoms with Crippen LogP contribution in [0.1, 0.15) is 20.8 Å². The van der Waals surface area contributed by atoms with Crippen molar-refractivity contribution in [2.24, 2.45) is 5.73 Å². The van der Waals surface area contributed by atoms with E-state index in [0.717, 1.165) is 0 Å². The molecule has 1 unspecified atom stereocenters. The highest BCUT2D eigenvalue weighted by Gasteiger charge is 2.32. The summed E-state index contributed by atoms with van der Waals surface area (Å²) in [5.74, 6) is -1.20. The Morgan fingerprint density at radius 1 is 1.35 bits per heavy atom. The number of urea groups is 1. The van der Waals surface area contributed by atoms with Gasteiger partial charge in [-0.15, -0.1) is 0 Å². The Kier molecular flexibility index (Phi) is 5.09. The van der Waals surface area contributed by atoms with Crippen LogP contribution in [-0.2, 0) is 14.6 Å². The van der Waals surface area contributed by atoms with E-state index >= 15 is 0 Å². The number of hydrogen-bond donors (Lipinski definition) is 3. The molecule has 0 spiro atoms. The highest BCUT2D eigenvalue weighted by atomic mass is 32.2. The smallest absolute Gasteiger partial charge is 0.321 e. The second kappa shape index (κ2) is 5.46. The van der Waals surface area contributed by atoms with Crippen LogP contribution in [0.5, 0.6) is 0 Å². The van der Waals surface area contributed by atoms with Gasteiger partial charge >= 0.3 is 6.03 Å². The zero-order chi connectivity index (χ0) is 13.9. The van der Waals surface area contributed by atoms with Gasteiger partial charge in [0.05, 0.1) is 5.75 Å². The lowest BCUT2D eigenvalue weighted by Gasteiger charge is -2.21. The Labute approximate surface area is 101 Å². The Balaban J connectivity index is 4.75. The minimum Gasteiger partial charge on any atom is -0.341 e. The van der Waals surface area contributed by atoms with Gasteiger partial charge in [-0.1, -0.05) is 0 Å². The molecule has 0 heterocycles. The van der Waals surface area contributed by atoms with Crippen molar-refractivity contribution >= 4 is 21.8 Å². The van der Waals surface area contributed by atoms with E-state index in [1.165, 1.54) is 14.0 Å². The summed E-state index contributed by atoms with van der Waals surface area (Å²) in [6, 6.07) is -0.746. The predicted octanol–water partition coefficient (Wildman–Crippen LogP) is -1.02. The molecule has 1 atom stereocenters. The number of carbonyl (C=O) groups is 2. The van der Waals surface area contributed by atoms with E-state index in [9.17, 15) is 18.0 Å². The number of amides is 3. The first-order valence-corrected chi connectivity index (χ1v) is 6.74. The van der Waals surface area contributed by atoms with Gasteiger partial charge in [0.1, 0.15) is 5.25 Å². The third-order valence-electron chi connectivity index (χ3n) is 1.94. The third kappa shape index (κ3) is 5.64. The first kappa shape index (κ1) is 15.9. The summed E-state index contributed by atoms with van der Waals surface area (Å²) < 4.78 is 23.6. The lowest BCUT2D eigenvalue weighted by atomic mass is 10.1. The molecule has 0 saturated carbocycles. The molecule has 0 saturated heterocycles. The average Bonchev–Trinajstić information content (AvgIpc) is 2.12. The zero-order valence-electron chi connectivity index (χ0n) is 10.4. The van der Waals surface area contributed by atoms with Gasteiger partial charge in [0.15, 0.2) is 9.84 Å². The van der Waals surface area contributed by atoms with Gasteiger partial charge in [0, 0.05) is 12.6 Å². The fraction of sp³-hybridized carbons (Fsp3) is 0.778. The second-order valence-corrected chi connectivity index (χ2v) is 6.83. The van der Waals surface area contributed by atoms with Crippen LogP contribution in [0.3, 0.4) is 0 Å². The maximum atomic E-state index is 11.8. The summed E-state index contributed by atoms with van der Waals surface area (Å²) in [6.07, 6.45) is 0. The summed E-state index contributed by atoms with van der Waals surface area (Å²) in [5.41, 5.74) is 4.67. The first-order valence-electron chi connectivity index (χ1n) is 5.02. The topological polar surface area (TPSA) is 118 Å². The van der Waals surface area contributed by atoms with E-state index in [-0.39, 0.29) is 5.75 Å². The Hall–Kier alpha value is -1.15. The van der Waals surface area contributed by atoms with E-state index in [2.05, 4.69) is 5.32 Å². The molecule has 0 fully saturated rings. The number of nitrogens with two attached hydrogens (primary N) is 1. The molecule has 3 amide bonds. The molecule has 0 aliphatic heterocycles. The number of carbonyl (C=O) groups excluding carboxylic acids is 2. The molecular weight excluding hydrogens is 246 g/mol. The van der Waals surface area contributed by atoms with Crippen molar-refractivity contribution in [3.63, 3.8) is 0 Å². The Morgan fingerprint density at radius 3 is 2.18 bits per heavy atom. The molecule has 0 radical (unpaired) electrons. The molecule has 4 N–H and O–H groups in total. The molecule has 7 nitrogen and oxygen atoms in total. The van der Waals surface area contributed by atoms with Crippen LogP contribution < -0.4 is 16.4 Å². The monoisotopic (exact) mass is 265 g/mol. The fourth-order valence-corrected chi connectivity index (χ4v) is 2.75. The lowest BCUT2D eigenvalue weighted by Crippen LogP contribution is -2.49. The standard InChI is InChI=1S/C9H19N3O4S/c1-6(7(13)12-8(14)11-4)17(15,16)5-9(2,3)10/h6H,5,10H2,1-4H3,(H2,11,12,13,14). The minimum atomic E-state index is -3.69. The van der Waals surface area contributed by atoms with Crippen LogP contribution in [-0.4, -0.2) is 43.9 Å². The molecule has 0 bridgehead atoms. The molecule has 100 valence electrons. The normalized spacial score (nSPS) is 13.9. The third-order valence-corrected chi connectivity index (χ3v) is 4.38. The Morgan fingerprint density at radius 2 is 1.82 bits per heavy atom. The quantitative estimate of drug-likeness (QED) is 0.601. The van der Waals surface area contributed by atoms with Gasteiger partial charge in [-0.3, -0.25) is 10.1 Å². The maximum absolute atomic E-state index is 11.8. The number of rotatable bonds is 4. The maximum Gasteiger partial charge on any atom is 0.321 e. The SMILES string of the molecule is CNC(=O)NC(=O)C(C)S(=O)(=O)CC(C)(C)N. The molecule has 0 aromatic carbocycles. The molecular formula is C9H19N3O4S. The minimum absolute atomic E-state index is 0.331. The zero-order valence-corrected chi connectivity index (χ0v) is 11.2. The van der Waals surface area contributed by atoms with Crippen molar-refractivity contribution in [1.82, 2.24) is 10.6 Å². The van der Waals surface area contributed by atoms with Gasteiger partial charge < -0.3 is 11.1 Å². The highest BCUT2D eigenvalue weighted by Crippen LogP contribution is 2.09. The number of sulfone groups is 1. The van der Waals surface area contributed by atoms with Crippen LogP contribution in [0.4, 0.5) is 4.79 Å². The van der Waals surface area contributed by atoms with Crippen LogP contribution in [0.2, 0.25) is 0 Å². The van der Waals surface area contributed by atoms with Gasteiger partial charge in [-0.05, 0) is 20.8 Å². The largest absolute Gasteiger partial charge is 0.341 e. The van der Waals surface area contributed by atoms with Gasteiger partial charge in [-0.2, -0.15) is 0 Å². The van der Waals surface area contributed by atoms with Gasteiger partial charge in [0.2, 0.25) is 5.91 Å². The number of nitrogens with one attached hydrogen (secondary N) is 2. The van der Waals surface area contributed by atoms with Gasteiger partial charge in [0.25, 0.3) is 0 Å². The molecule has 0 rings (SSSR count). The van der Waals surface area contributed by atoms with Crippen molar-refractivity contribution in [3.05, 3.63) is 0 Å². The molecule has 0 aromatic heterocycles. The summed E-state index contributed by atoms with van der Waals surface area (Å²) in [4.78, 5) is 22.3. The van der Waals surface area contributed by atoms with Crippen molar-refractivity contribution in [2.75, 3.05) is 12.8 Å². The van der Waals surface area contributed by atoms with Gasteiger partial charge in [-0.25, -0.2) is 13.2 Å². The van der Waals surface area contributed by atoms with Crippen molar-refractivity contribution in [3.8, 4) is 0 Å².